The van der Waals surface area contributed by atoms with Crippen molar-refractivity contribution in [3.05, 3.63) is 73.8 Å². The van der Waals surface area contributed by atoms with E-state index in [0.717, 1.165) is 32.8 Å². The van der Waals surface area contributed by atoms with Crippen LogP contribution in [0.1, 0.15) is 11.1 Å². The molecule has 0 saturated carbocycles. The Bertz CT molecular complexity index is 854. The van der Waals surface area contributed by atoms with Gasteiger partial charge in [0, 0.05) is 9.50 Å². The lowest BCUT2D eigenvalue weighted by molar-refractivity contribution is -0.123. The molecule has 0 aliphatic carbocycles. The highest BCUT2D eigenvalue weighted by atomic mass is 79.9. The Balaban J connectivity index is 1.82. The summed E-state index contributed by atoms with van der Waals surface area (Å²) in [5.74, 6) is -0.846. The molecule has 7 heteroatoms. The van der Waals surface area contributed by atoms with Crippen molar-refractivity contribution in [3.8, 4) is 0 Å². The van der Waals surface area contributed by atoms with Crippen LogP contribution in [0.2, 0.25) is 5.02 Å². The van der Waals surface area contributed by atoms with E-state index < -0.39 is 5.82 Å². The number of thioether (sulfide) groups is 1. The third kappa shape index (κ3) is 3.71. The van der Waals surface area contributed by atoms with Crippen LogP contribution in [-0.2, 0) is 11.3 Å². The molecular weight excluding hydrogens is 417 g/mol. The van der Waals surface area contributed by atoms with Gasteiger partial charge < -0.3 is 0 Å². The summed E-state index contributed by atoms with van der Waals surface area (Å²) >= 11 is 10.2. The Hall–Kier alpha value is -1.63. The van der Waals surface area contributed by atoms with Crippen molar-refractivity contribution in [1.29, 1.82) is 0 Å². The van der Waals surface area contributed by atoms with Gasteiger partial charge in [0.2, 0.25) is 0 Å². The molecule has 24 heavy (non-hydrogen) atoms. The van der Waals surface area contributed by atoms with Gasteiger partial charge in [0.15, 0.2) is 0 Å². The number of carbonyl (C=O) groups is 2. The van der Waals surface area contributed by atoms with Gasteiger partial charge in [0.05, 0.1) is 11.4 Å². The Morgan fingerprint density at radius 3 is 2.54 bits per heavy atom. The third-order valence-electron chi connectivity index (χ3n) is 3.38. The van der Waals surface area contributed by atoms with E-state index in [0.29, 0.717) is 10.5 Å². The summed E-state index contributed by atoms with van der Waals surface area (Å²) in [6.07, 6.45) is 1.67. The number of nitrogens with zero attached hydrogens (tertiary/aromatic N) is 1. The lowest BCUT2D eigenvalue weighted by Gasteiger charge is -2.13. The van der Waals surface area contributed by atoms with Crippen molar-refractivity contribution in [3.63, 3.8) is 0 Å². The fourth-order valence-corrected chi connectivity index (χ4v) is 3.50. The number of hydrogen-bond donors (Lipinski definition) is 0. The maximum Gasteiger partial charge on any atom is 0.293 e. The lowest BCUT2D eigenvalue weighted by Crippen LogP contribution is -2.27. The number of halogens is 3. The number of benzene rings is 2. The highest BCUT2D eigenvalue weighted by Crippen LogP contribution is 2.34. The first kappa shape index (κ1) is 17.2. The predicted octanol–water partition coefficient (Wildman–Crippen LogP) is 5.48. The summed E-state index contributed by atoms with van der Waals surface area (Å²) < 4.78 is 14.0. The molecule has 0 radical (unpaired) electrons. The van der Waals surface area contributed by atoms with Gasteiger partial charge in [-0.3, -0.25) is 14.5 Å². The normalized spacial score (nSPS) is 16.3. The van der Waals surface area contributed by atoms with E-state index in [-0.39, 0.29) is 22.7 Å². The minimum absolute atomic E-state index is 0.0153. The first-order chi connectivity index (χ1) is 11.4. The van der Waals surface area contributed by atoms with Crippen LogP contribution in [0.4, 0.5) is 9.18 Å². The maximum atomic E-state index is 13.1. The predicted molar refractivity (Wildman–Crippen MR) is 97.1 cm³/mol. The number of rotatable bonds is 3. The number of hydrogen-bond acceptors (Lipinski definition) is 3. The van der Waals surface area contributed by atoms with E-state index in [4.69, 9.17) is 11.6 Å². The summed E-state index contributed by atoms with van der Waals surface area (Å²) in [6.45, 7) is 0.0153. The Kier molecular flexibility index (Phi) is 5.08. The average Bonchev–Trinajstić information content (AvgIpc) is 2.79. The van der Waals surface area contributed by atoms with Crippen LogP contribution < -0.4 is 0 Å². The molecule has 0 atom stereocenters. The summed E-state index contributed by atoms with van der Waals surface area (Å²) in [4.78, 5) is 26.0. The topological polar surface area (TPSA) is 37.4 Å². The SMILES string of the molecule is O=C1S/C(=C/c2ccc(Br)cc2)C(=O)N1Cc1ccc(F)cc1Cl. The van der Waals surface area contributed by atoms with Crippen molar-refractivity contribution in [2.75, 3.05) is 0 Å². The third-order valence-corrected chi connectivity index (χ3v) is 5.17. The average molecular weight is 427 g/mol. The monoisotopic (exact) mass is 425 g/mol. The molecule has 0 unspecified atom stereocenters. The van der Waals surface area contributed by atoms with E-state index >= 15 is 0 Å². The van der Waals surface area contributed by atoms with E-state index in [1.54, 1.807) is 6.08 Å². The lowest BCUT2D eigenvalue weighted by atomic mass is 10.2. The largest absolute Gasteiger partial charge is 0.293 e. The fraction of sp³-hybridized carbons (Fsp3) is 0.0588. The molecule has 1 fully saturated rings. The van der Waals surface area contributed by atoms with Gasteiger partial charge in [0.1, 0.15) is 5.82 Å². The minimum Gasteiger partial charge on any atom is -0.268 e. The quantitative estimate of drug-likeness (QED) is 0.610. The van der Waals surface area contributed by atoms with E-state index in [2.05, 4.69) is 15.9 Å². The van der Waals surface area contributed by atoms with E-state index in [9.17, 15) is 14.0 Å². The van der Waals surface area contributed by atoms with Crippen LogP contribution in [0.15, 0.2) is 51.8 Å². The summed E-state index contributed by atoms with van der Waals surface area (Å²) in [5, 5.41) is -0.185. The summed E-state index contributed by atoms with van der Waals surface area (Å²) in [7, 11) is 0. The molecule has 3 rings (SSSR count). The zero-order valence-corrected chi connectivity index (χ0v) is 15.3. The van der Waals surface area contributed by atoms with Crippen molar-refractivity contribution in [1.82, 2.24) is 4.90 Å². The highest BCUT2D eigenvalue weighted by molar-refractivity contribution is 9.10. The Morgan fingerprint density at radius 1 is 1.17 bits per heavy atom. The second-order valence-corrected chi connectivity index (χ2v) is 7.37. The molecule has 0 spiro atoms. The van der Waals surface area contributed by atoms with Crippen LogP contribution >= 0.6 is 39.3 Å². The second kappa shape index (κ2) is 7.09. The van der Waals surface area contributed by atoms with Gasteiger partial charge in [-0.15, -0.1) is 0 Å². The van der Waals surface area contributed by atoms with E-state index in [1.165, 1.54) is 12.1 Å². The standard InChI is InChI=1S/C17H10BrClFNO2S/c18-12-4-1-10(2-5-12)7-15-16(22)21(17(23)24-15)9-11-3-6-13(20)8-14(11)19/h1-8H,9H2/b15-7+. The number of imide groups is 1. The van der Waals surface area contributed by atoms with Crippen molar-refractivity contribution in [2.45, 2.75) is 6.54 Å². The smallest absolute Gasteiger partial charge is 0.268 e. The zero-order chi connectivity index (χ0) is 17.3. The van der Waals surface area contributed by atoms with Gasteiger partial charge in [-0.2, -0.15) is 0 Å². The molecule has 1 saturated heterocycles. The number of amides is 2. The van der Waals surface area contributed by atoms with Crippen LogP contribution in [0.3, 0.4) is 0 Å². The molecule has 0 bridgehead atoms. The second-order valence-electron chi connectivity index (χ2n) is 5.06. The van der Waals surface area contributed by atoms with Gasteiger partial charge in [-0.25, -0.2) is 4.39 Å². The highest BCUT2D eigenvalue weighted by Gasteiger charge is 2.35. The number of carbonyl (C=O) groups excluding carboxylic acids is 2. The molecule has 122 valence electrons. The first-order valence-corrected chi connectivity index (χ1v) is 8.87. The molecular formula is C17H10BrClFNO2S. The molecule has 0 aromatic heterocycles. The molecule has 1 aliphatic heterocycles. The Labute approximate surface area is 155 Å². The van der Waals surface area contributed by atoms with Gasteiger partial charge in [-0.1, -0.05) is 45.7 Å². The zero-order valence-electron chi connectivity index (χ0n) is 12.1. The van der Waals surface area contributed by atoms with Crippen LogP contribution in [0, 0.1) is 5.82 Å². The van der Waals surface area contributed by atoms with Crippen LogP contribution in [0.5, 0.6) is 0 Å². The minimum atomic E-state index is -0.465. The van der Waals surface area contributed by atoms with Crippen molar-refractivity contribution < 1.29 is 14.0 Å². The molecule has 2 amide bonds. The molecule has 1 aliphatic rings. The summed E-state index contributed by atoms with van der Waals surface area (Å²) in [5.41, 5.74) is 1.34. The Morgan fingerprint density at radius 2 is 1.88 bits per heavy atom. The van der Waals surface area contributed by atoms with Crippen LogP contribution in [0.25, 0.3) is 6.08 Å². The molecule has 0 N–H and O–H groups in total. The molecule has 1 heterocycles. The fourth-order valence-electron chi connectivity index (χ4n) is 2.17. The maximum absolute atomic E-state index is 13.1. The van der Waals surface area contributed by atoms with Crippen molar-refractivity contribution in [2.24, 2.45) is 0 Å². The van der Waals surface area contributed by atoms with E-state index in [1.807, 2.05) is 24.3 Å². The first-order valence-electron chi connectivity index (χ1n) is 6.89. The van der Waals surface area contributed by atoms with Crippen LogP contribution in [-0.4, -0.2) is 16.0 Å². The molecule has 3 nitrogen and oxygen atoms in total. The summed E-state index contributed by atoms with van der Waals surface area (Å²) in [6, 6.07) is 11.3. The van der Waals surface area contributed by atoms with Gasteiger partial charge >= 0.3 is 0 Å². The molecule has 2 aromatic rings. The van der Waals surface area contributed by atoms with Crippen molar-refractivity contribution >= 4 is 56.5 Å². The van der Waals surface area contributed by atoms with Gasteiger partial charge in [0.25, 0.3) is 11.1 Å². The molecule has 2 aromatic carbocycles. The van der Waals surface area contributed by atoms with Gasteiger partial charge in [-0.05, 0) is 53.2 Å².